The van der Waals surface area contributed by atoms with Crippen molar-refractivity contribution in [2.45, 2.75) is 25.8 Å². The molecule has 0 aliphatic heterocycles. The molecule has 0 radical (unpaired) electrons. The van der Waals surface area contributed by atoms with Gasteiger partial charge in [0.05, 0.1) is 6.04 Å². The van der Waals surface area contributed by atoms with Crippen LogP contribution in [0.25, 0.3) is 10.8 Å². The van der Waals surface area contributed by atoms with Crippen LogP contribution in [-0.2, 0) is 9.59 Å². The fraction of sp³-hybridized carbons (Fsp3) is 0.294. The molecular formula is C17H21N3O2. The minimum Gasteiger partial charge on any atom is -0.356 e. The Morgan fingerprint density at radius 1 is 1.14 bits per heavy atom. The number of fused-ring (bicyclic) bond motifs is 1. The van der Waals surface area contributed by atoms with Gasteiger partial charge in [0.2, 0.25) is 11.8 Å². The van der Waals surface area contributed by atoms with E-state index < -0.39 is 6.04 Å². The van der Waals surface area contributed by atoms with Gasteiger partial charge in [-0.1, -0.05) is 30.3 Å². The number of benzene rings is 2. The van der Waals surface area contributed by atoms with Crippen LogP contribution in [-0.4, -0.2) is 24.4 Å². The molecule has 0 spiro atoms. The maximum atomic E-state index is 12.1. The van der Waals surface area contributed by atoms with Crippen molar-refractivity contribution in [1.82, 2.24) is 5.32 Å². The van der Waals surface area contributed by atoms with E-state index in [0.717, 1.165) is 16.5 Å². The second-order valence-corrected chi connectivity index (χ2v) is 5.28. The fourth-order valence-electron chi connectivity index (χ4n) is 2.22. The predicted molar refractivity (Wildman–Crippen MR) is 88.5 cm³/mol. The zero-order valence-electron chi connectivity index (χ0n) is 12.6. The molecule has 0 fully saturated rings. The SMILES string of the molecule is CC(=O)NCCC[C@H](N)C(=O)Nc1ccc2ccccc2c1. The van der Waals surface area contributed by atoms with Crippen molar-refractivity contribution in [3.63, 3.8) is 0 Å². The molecule has 2 amide bonds. The summed E-state index contributed by atoms with van der Waals surface area (Å²) in [6.45, 7) is 2.00. The largest absolute Gasteiger partial charge is 0.356 e. The van der Waals surface area contributed by atoms with Crippen molar-refractivity contribution in [1.29, 1.82) is 0 Å². The van der Waals surface area contributed by atoms with Crippen LogP contribution in [0.2, 0.25) is 0 Å². The van der Waals surface area contributed by atoms with Crippen molar-refractivity contribution < 1.29 is 9.59 Å². The first-order chi connectivity index (χ1) is 10.6. The minimum absolute atomic E-state index is 0.0748. The Morgan fingerprint density at radius 3 is 2.59 bits per heavy atom. The van der Waals surface area contributed by atoms with Crippen LogP contribution < -0.4 is 16.4 Å². The molecule has 1 atom stereocenters. The summed E-state index contributed by atoms with van der Waals surface area (Å²) in [5, 5.41) is 7.71. The van der Waals surface area contributed by atoms with Crippen molar-refractivity contribution in [2.24, 2.45) is 5.73 Å². The summed E-state index contributed by atoms with van der Waals surface area (Å²) in [6, 6.07) is 13.1. The Kier molecular flexibility index (Phi) is 5.49. The zero-order chi connectivity index (χ0) is 15.9. The highest BCUT2D eigenvalue weighted by Gasteiger charge is 2.13. The number of rotatable bonds is 6. The number of nitrogens with one attached hydrogen (secondary N) is 2. The number of amides is 2. The van der Waals surface area contributed by atoms with E-state index in [1.165, 1.54) is 6.92 Å². The molecule has 5 heteroatoms. The lowest BCUT2D eigenvalue weighted by Crippen LogP contribution is -2.36. The first kappa shape index (κ1) is 16.0. The third-order valence-electron chi connectivity index (χ3n) is 3.42. The molecule has 2 aromatic rings. The molecule has 0 aromatic heterocycles. The standard InChI is InChI=1S/C17H21N3O2/c1-12(21)19-10-4-7-16(18)17(22)20-15-9-8-13-5-2-3-6-14(13)11-15/h2-3,5-6,8-9,11,16H,4,7,10,18H2,1H3,(H,19,21)(H,20,22)/t16-/m0/s1. The third-order valence-corrected chi connectivity index (χ3v) is 3.42. The molecule has 4 N–H and O–H groups in total. The van der Waals surface area contributed by atoms with Gasteiger partial charge in [-0.3, -0.25) is 9.59 Å². The molecule has 0 saturated carbocycles. The third kappa shape index (κ3) is 4.56. The first-order valence-corrected chi connectivity index (χ1v) is 7.36. The highest BCUT2D eigenvalue weighted by Crippen LogP contribution is 2.19. The lowest BCUT2D eigenvalue weighted by atomic mass is 10.1. The van der Waals surface area contributed by atoms with E-state index in [4.69, 9.17) is 5.73 Å². The summed E-state index contributed by atoms with van der Waals surface area (Å²) >= 11 is 0. The smallest absolute Gasteiger partial charge is 0.241 e. The van der Waals surface area contributed by atoms with Crippen LogP contribution in [0.5, 0.6) is 0 Å². The van der Waals surface area contributed by atoms with Gasteiger partial charge in [0.1, 0.15) is 0 Å². The summed E-state index contributed by atoms with van der Waals surface area (Å²) in [5.41, 5.74) is 6.61. The quantitative estimate of drug-likeness (QED) is 0.713. The van der Waals surface area contributed by atoms with Gasteiger partial charge in [0.15, 0.2) is 0 Å². The molecule has 0 aliphatic rings. The highest BCUT2D eigenvalue weighted by molar-refractivity contribution is 5.97. The van der Waals surface area contributed by atoms with E-state index in [2.05, 4.69) is 10.6 Å². The molecule has 0 unspecified atom stereocenters. The number of hydrogen-bond donors (Lipinski definition) is 3. The normalized spacial score (nSPS) is 11.9. The van der Waals surface area contributed by atoms with E-state index in [1.54, 1.807) is 0 Å². The lowest BCUT2D eigenvalue weighted by molar-refractivity contribution is -0.119. The van der Waals surface area contributed by atoms with E-state index in [-0.39, 0.29) is 11.8 Å². The fourth-order valence-corrected chi connectivity index (χ4v) is 2.22. The average molecular weight is 299 g/mol. The summed E-state index contributed by atoms with van der Waals surface area (Å²) in [6.07, 6.45) is 1.20. The molecule has 2 rings (SSSR count). The molecule has 5 nitrogen and oxygen atoms in total. The molecule has 0 aliphatic carbocycles. The van der Waals surface area contributed by atoms with Crippen LogP contribution in [0.15, 0.2) is 42.5 Å². The Labute approximate surface area is 129 Å². The number of nitrogens with two attached hydrogens (primary N) is 1. The van der Waals surface area contributed by atoms with Crippen LogP contribution in [0, 0.1) is 0 Å². The Morgan fingerprint density at radius 2 is 1.86 bits per heavy atom. The van der Waals surface area contributed by atoms with E-state index in [1.807, 2.05) is 42.5 Å². The summed E-state index contributed by atoms with van der Waals surface area (Å²) in [5.74, 6) is -0.285. The van der Waals surface area contributed by atoms with Gasteiger partial charge < -0.3 is 16.4 Å². The van der Waals surface area contributed by atoms with Crippen LogP contribution in [0.3, 0.4) is 0 Å². The summed E-state index contributed by atoms with van der Waals surface area (Å²) < 4.78 is 0. The molecule has 116 valence electrons. The van der Waals surface area contributed by atoms with Gasteiger partial charge in [0, 0.05) is 19.2 Å². The predicted octanol–water partition coefficient (Wildman–Crippen LogP) is 2.02. The number of hydrogen-bond acceptors (Lipinski definition) is 3. The molecular weight excluding hydrogens is 278 g/mol. The van der Waals surface area contributed by atoms with Gasteiger partial charge in [0.25, 0.3) is 0 Å². The molecule has 0 bridgehead atoms. The Bertz CT molecular complexity index is 670. The topological polar surface area (TPSA) is 84.2 Å². The van der Waals surface area contributed by atoms with Gasteiger partial charge in [-0.25, -0.2) is 0 Å². The van der Waals surface area contributed by atoms with Crippen LogP contribution >= 0.6 is 0 Å². The maximum absolute atomic E-state index is 12.1. The van der Waals surface area contributed by atoms with Crippen molar-refractivity contribution in [2.75, 3.05) is 11.9 Å². The minimum atomic E-state index is -0.583. The number of carbonyl (C=O) groups is 2. The summed E-state index contributed by atoms with van der Waals surface area (Å²) in [4.78, 5) is 22.8. The second kappa shape index (κ2) is 7.56. The molecule has 2 aromatic carbocycles. The maximum Gasteiger partial charge on any atom is 0.241 e. The monoisotopic (exact) mass is 299 g/mol. The van der Waals surface area contributed by atoms with Gasteiger partial charge in [-0.05, 0) is 35.7 Å². The number of anilines is 1. The molecule has 0 heterocycles. The average Bonchev–Trinajstić information content (AvgIpc) is 2.51. The van der Waals surface area contributed by atoms with Gasteiger partial charge in [-0.15, -0.1) is 0 Å². The van der Waals surface area contributed by atoms with Crippen molar-refractivity contribution in [3.05, 3.63) is 42.5 Å². The molecule has 22 heavy (non-hydrogen) atoms. The van der Waals surface area contributed by atoms with E-state index in [9.17, 15) is 9.59 Å². The van der Waals surface area contributed by atoms with E-state index in [0.29, 0.717) is 19.4 Å². The van der Waals surface area contributed by atoms with Crippen molar-refractivity contribution >= 4 is 28.3 Å². The highest BCUT2D eigenvalue weighted by atomic mass is 16.2. The lowest BCUT2D eigenvalue weighted by Gasteiger charge is -2.13. The Hall–Kier alpha value is -2.40. The van der Waals surface area contributed by atoms with Crippen molar-refractivity contribution in [3.8, 4) is 0 Å². The van der Waals surface area contributed by atoms with Crippen LogP contribution in [0.1, 0.15) is 19.8 Å². The Balaban J connectivity index is 1.88. The zero-order valence-corrected chi connectivity index (χ0v) is 12.6. The van der Waals surface area contributed by atoms with Gasteiger partial charge >= 0.3 is 0 Å². The second-order valence-electron chi connectivity index (χ2n) is 5.28. The molecule has 0 saturated heterocycles. The van der Waals surface area contributed by atoms with Gasteiger partial charge in [-0.2, -0.15) is 0 Å². The first-order valence-electron chi connectivity index (χ1n) is 7.36. The van der Waals surface area contributed by atoms with E-state index >= 15 is 0 Å². The number of carbonyl (C=O) groups excluding carboxylic acids is 2. The summed E-state index contributed by atoms with van der Waals surface area (Å²) in [7, 11) is 0. The van der Waals surface area contributed by atoms with Crippen LogP contribution in [0.4, 0.5) is 5.69 Å².